The van der Waals surface area contributed by atoms with E-state index in [9.17, 15) is 48.3 Å². The summed E-state index contributed by atoms with van der Waals surface area (Å²) in [7, 11) is 0. The van der Waals surface area contributed by atoms with Crippen molar-refractivity contribution in [1.29, 1.82) is 0 Å². The van der Waals surface area contributed by atoms with Gasteiger partial charge in [0.15, 0.2) is 0 Å². The minimum Gasteiger partial charge on any atom is -0.350 e. The highest BCUT2D eigenvalue weighted by molar-refractivity contribution is 6.50. The minimum atomic E-state index is -6.96. The lowest BCUT2D eigenvalue weighted by molar-refractivity contribution is -0.405. The lowest BCUT2D eigenvalue weighted by Gasteiger charge is -2.41. The SMILES string of the molecule is OC(F)(C(F)(F)F)C(F)(F)C(Cl)(Cl)C(F)(F)C(F)(F)F. The van der Waals surface area contributed by atoms with Crippen LogP contribution in [0.25, 0.3) is 0 Å². The van der Waals surface area contributed by atoms with Crippen molar-refractivity contribution in [3.63, 3.8) is 0 Å². The maximum atomic E-state index is 12.9. The van der Waals surface area contributed by atoms with Crippen LogP contribution in [-0.4, -0.2) is 39.5 Å². The Labute approximate surface area is 112 Å². The van der Waals surface area contributed by atoms with E-state index in [0.29, 0.717) is 0 Å². The standard InChI is InChI=1S/C6HCl2F11O/c7-1(8,3(11,12)5(14,15)16)2(9,10)4(13,20)6(17,18)19/h20H. The highest BCUT2D eigenvalue weighted by Gasteiger charge is 2.87. The molecular formula is C6HCl2F11O. The molecule has 0 heterocycles. The summed E-state index contributed by atoms with van der Waals surface area (Å²) in [5.41, 5.74) is 0. The topological polar surface area (TPSA) is 20.2 Å². The van der Waals surface area contributed by atoms with Gasteiger partial charge >= 0.3 is 30.1 Å². The van der Waals surface area contributed by atoms with Crippen molar-refractivity contribution in [3.8, 4) is 0 Å². The second kappa shape index (κ2) is 4.63. The molecule has 0 radical (unpaired) electrons. The molecule has 0 amide bonds. The Morgan fingerprint density at radius 1 is 0.550 bits per heavy atom. The fraction of sp³-hybridized carbons (Fsp3) is 1.00. The van der Waals surface area contributed by atoms with Gasteiger partial charge in [0.05, 0.1) is 0 Å². The number of rotatable bonds is 3. The van der Waals surface area contributed by atoms with Crippen LogP contribution in [-0.2, 0) is 0 Å². The van der Waals surface area contributed by atoms with Crippen molar-refractivity contribution >= 4 is 23.2 Å². The van der Waals surface area contributed by atoms with Crippen molar-refractivity contribution in [2.75, 3.05) is 0 Å². The van der Waals surface area contributed by atoms with Crippen molar-refractivity contribution in [2.24, 2.45) is 0 Å². The first-order valence-corrected chi connectivity index (χ1v) is 4.69. The van der Waals surface area contributed by atoms with Crippen LogP contribution in [0.1, 0.15) is 0 Å². The molecule has 0 saturated heterocycles. The van der Waals surface area contributed by atoms with Crippen molar-refractivity contribution in [1.82, 2.24) is 0 Å². The molecular weight excluding hydrogens is 368 g/mol. The molecule has 0 aliphatic rings. The third-order valence-electron chi connectivity index (χ3n) is 1.94. The molecule has 1 nitrogen and oxygen atoms in total. The summed E-state index contributed by atoms with van der Waals surface area (Å²) in [6, 6.07) is 0. The van der Waals surface area contributed by atoms with Crippen molar-refractivity contribution in [3.05, 3.63) is 0 Å². The molecule has 0 rings (SSSR count). The van der Waals surface area contributed by atoms with E-state index in [2.05, 4.69) is 23.2 Å². The molecule has 20 heavy (non-hydrogen) atoms. The Morgan fingerprint density at radius 3 is 1.05 bits per heavy atom. The van der Waals surface area contributed by atoms with E-state index in [1.807, 2.05) is 0 Å². The minimum absolute atomic E-state index is 3.94. The first kappa shape index (κ1) is 19.8. The average molecular weight is 369 g/mol. The summed E-state index contributed by atoms with van der Waals surface area (Å²) in [6.45, 7) is 0. The predicted octanol–water partition coefficient (Wildman–Crippen LogP) is 4.21. The number of alkyl halides is 13. The molecule has 0 aliphatic heterocycles. The summed E-state index contributed by atoms with van der Waals surface area (Å²) >= 11 is 7.88. The molecule has 0 saturated carbocycles. The smallest absolute Gasteiger partial charge is 0.350 e. The summed E-state index contributed by atoms with van der Waals surface area (Å²) in [5, 5.41) is 7.93. The summed E-state index contributed by atoms with van der Waals surface area (Å²) < 4.78 is 128. The maximum Gasteiger partial charge on any atom is 0.456 e. The van der Waals surface area contributed by atoms with Gasteiger partial charge in [-0.2, -0.15) is 48.3 Å². The average Bonchev–Trinajstić information content (AvgIpc) is 2.12. The number of halogens is 13. The first-order chi connectivity index (χ1) is 8.25. The molecule has 0 fully saturated rings. The molecule has 0 aromatic carbocycles. The van der Waals surface area contributed by atoms with Crippen LogP contribution in [0, 0.1) is 0 Å². The maximum absolute atomic E-state index is 12.9. The third-order valence-corrected chi connectivity index (χ3v) is 2.89. The van der Waals surface area contributed by atoms with E-state index >= 15 is 0 Å². The molecule has 122 valence electrons. The van der Waals surface area contributed by atoms with E-state index in [1.54, 1.807) is 0 Å². The van der Waals surface area contributed by atoms with Gasteiger partial charge in [-0.3, -0.25) is 0 Å². The van der Waals surface area contributed by atoms with Gasteiger partial charge in [0.1, 0.15) is 0 Å². The first-order valence-electron chi connectivity index (χ1n) is 3.93. The quantitative estimate of drug-likeness (QED) is 0.584. The molecule has 1 unspecified atom stereocenters. The van der Waals surface area contributed by atoms with Gasteiger partial charge in [0.25, 0.3) is 4.33 Å². The van der Waals surface area contributed by atoms with Crippen molar-refractivity contribution < 1.29 is 53.4 Å². The molecule has 0 aromatic rings. The molecule has 0 aromatic heterocycles. The van der Waals surface area contributed by atoms with Crippen LogP contribution in [0.3, 0.4) is 0 Å². The number of hydrogen-bond acceptors (Lipinski definition) is 1. The molecule has 1 atom stereocenters. The monoisotopic (exact) mass is 368 g/mol. The highest BCUT2D eigenvalue weighted by Crippen LogP contribution is 2.61. The van der Waals surface area contributed by atoms with Gasteiger partial charge in [-0.05, 0) is 0 Å². The van der Waals surface area contributed by atoms with E-state index in [0.717, 1.165) is 0 Å². The van der Waals surface area contributed by atoms with E-state index in [4.69, 9.17) is 5.11 Å². The molecule has 14 heteroatoms. The van der Waals surface area contributed by atoms with E-state index < -0.39 is 34.4 Å². The Bertz CT molecular complexity index is 332. The Kier molecular flexibility index (Phi) is 4.58. The summed E-state index contributed by atoms with van der Waals surface area (Å²) in [6.07, 6.45) is -13.9. The Balaban J connectivity index is 6.08. The zero-order valence-corrected chi connectivity index (χ0v) is 9.87. The molecule has 0 aliphatic carbocycles. The van der Waals surface area contributed by atoms with E-state index in [1.165, 1.54) is 0 Å². The van der Waals surface area contributed by atoms with Crippen LogP contribution >= 0.6 is 23.2 Å². The van der Waals surface area contributed by atoms with Gasteiger partial charge in [-0.1, -0.05) is 23.2 Å². The summed E-state index contributed by atoms with van der Waals surface area (Å²) in [5.74, 6) is -20.7. The number of aliphatic hydroxyl groups is 1. The third kappa shape index (κ3) is 2.49. The van der Waals surface area contributed by atoms with Crippen LogP contribution in [0.5, 0.6) is 0 Å². The molecule has 1 N–H and O–H groups in total. The lowest BCUT2D eigenvalue weighted by Crippen LogP contribution is -2.69. The van der Waals surface area contributed by atoms with Gasteiger partial charge in [0.2, 0.25) is 0 Å². The van der Waals surface area contributed by atoms with Crippen LogP contribution in [0.4, 0.5) is 48.3 Å². The molecule has 0 bridgehead atoms. The predicted molar refractivity (Wildman–Crippen MR) is 42.5 cm³/mol. The van der Waals surface area contributed by atoms with Crippen molar-refractivity contribution in [2.45, 2.75) is 34.4 Å². The second-order valence-corrected chi connectivity index (χ2v) is 4.67. The van der Waals surface area contributed by atoms with Crippen LogP contribution < -0.4 is 0 Å². The molecule has 0 spiro atoms. The fourth-order valence-electron chi connectivity index (χ4n) is 0.761. The largest absolute Gasteiger partial charge is 0.456 e. The summed E-state index contributed by atoms with van der Waals surface area (Å²) in [4.78, 5) is 0. The van der Waals surface area contributed by atoms with Gasteiger partial charge in [-0.15, -0.1) is 0 Å². The van der Waals surface area contributed by atoms with Gasteiger partial charge < -0.3 is 5.11 Å². The Morgan fingerprint density at radius 2 is 0.850 bits per heavy atom. The fourth-order valence-corrected chi connectivity index (χ4v) is 1.23. The second-order valence-electron chi connectivity index (χ2n) is 3.34. The zero-order chi connectivity index (χ0) is 17.0. The zero-order valence-electron chi connectivity index (χ0n) is 8.36. The normalized spacial score (nSPS) is 18.9. The van der Waals surface area contributed by atoms with Gasteiger partial charge in [-0.25, -0.2) is 0 Å². The van der Waals surface area contributed by atoms with Crippen LogP contribution in [0.2, 0.25) is 0 Å². The number of hydrogen-bond donors (Lipinski definition) is 1. The highest BCUT2D eigenvalue weighted by atomic mass is 35.5. The van der Waals surface area contributed by atoms with E-state index in [-0.39, 0.29) is 0 Å². The van der Waals surface area contributed by atoms with Gasteiger partial charge in [0, 0.05) is 0 Å². The lowest BCUT2D eigenvalue weighted by atomic mass is 10.00. The van der Waals surface area contributed by atoms with Crippen LogP contribution in [0.15, 0.2) is 0 Å². The Hall–Kier alpha value is -0.230.